The van der Waals surface area contributed by atoms with E-state index in [0.29, 0.717) is 6.04 Å². The van der Waals surface area contributed by atoms with E-state index in [4.69, 9.17) is 0 Å². The van der Waals surface area contributed by atoms with Crippen molar-refractivity contribution in [3.05, 3.63) is 46.8 Å². The molecule has 1 nitrogen and oxygen atoms in total. The fourth-order valence-electron chi connectivity index (χ4n) is 2.40. The number of rotatable bonds is 7. The van der Waals surface area contributed by atoms with Crippen LogP contribution in [0.25, 0.3) is 10.4 Å². The predicted molar refractivity (Wildman–Crippen MR) is 90.5 cm³/mol. The molecule has 1 aromatic carbocycles. The van der Waals surface area contributed by atoms with Gasteiger partial charge in [-0.15, -0.1) is 11.3 Å². The summed E-state index contributed by atoms with van der Waals surface area (Å²) in [6.07, 6.45) is 3.43. The Balaban J connectivity index is 2.18. The lowest BCUT2D eigenvalue weighted by atomic mass is 10.1. The highest BCUT2D eigenvalue weighted by molar-refractivity contribution is 7.15. The molecule has 0 spiro atoms. The Morgan fingerprint density at radius 3 is 2.65 bits per heavy atom. The molecule has 1 heterocycles. The van der Waals surface area contributed by atoms with Crippen molar-refractivity contribution in [3.8, 4) is 10.4 Å². The second kappa shape index (κ2) is 7.61. The first kappa shape index (κ1) is 15.3. The molecule has 0 saturated carbocycles. The van der Waals surface area contributed by atoms with Crippen molar-refractivity contribution in [3.63, 3.8) is 0 Å². The highest BCUT2D eigenvalue weighted by Crippen LogP contribution is 2.33. The molecule has 0 saturated heterocycles. The number of hydrogen-bond acceptors (Lipinski definition) is 2. The minimum Gasteiger partial charge on any atom is -0.309 e. The van der Waals surface area contributed by atoms with E-state index >= 15 is 0 Å². The molecule has 1 atom stereocenters. The van der Waals surface area contributed by atoms with Gasteiger partial charge in [0.2, 0.25) is 0 Å². The quantitative estimate of drug-likeness (QED) is 0.716. The Morgan fingerprint density at radius 2 is 1.95 bits per heavy atom. The maximum atomic E-state index is 3.63. The fourth-order valence-corrected chi connectivity index (χ4v) is 3.57. The number of benzene rings is 1. The van der Waals surface area contributed by atoms with Gasteiger partial charge in [0.05, 0.1) is 0 Å². The summed E-state index contributed by atoms with van der Waals surface area (Å²) in [4.78, 5) is 2.84. The van der Waals surface area contributed by atoms with E-state index in [1.165, 1.54) is 27.3 Å². The minimum absolute atomic E-state index is 0.503. The molecule has 0 bridgehead atoms. The van der Waals surface area contributed by atoms with Crippen molar-refractivity contribution >= 4 is 11.3 Å². The van der Waals surface area contributed by atoms with Crippen molar-refractivity contribution in [1.82, 2.24) is 5.32 Å². The zero-order chi connectivity index (χ0) is 14.4. The molecule has 1 unspecified atom stereocenters. The van der Waals surface area contributed by atoms with Gasteiger partial charge >= 0.3 is 0 Å². The normalized spacial score (nSPS) is 12.6. The summed E-state index contributed by atoms with van der Waals surface area (Å²) in [5.41, 5.74) is 2.76. The summed E-state index contributed by atoms with van der Waals surface area (Å²) in [5.74, 6) is 0. The van der Waals surface area contributed by atoms with Crippen molar-refractivity contribution < 1.29 is 0 Å². The van der Waals surface area contributed by atoms with Crippen LogP contribution in [0.3, 0.4) is 0 Å². The second-order valence-corrected chi connectivity index (χ2v) is 6.29. The van der Waals surface area contributed by atoms with Crippen LogP contribution in [0.5, 0.6) is 0 Å². The summed E-state index contributed by atoms with van der Waals surface area (Å²) in [5, 5.41) is 3.63. The fraction of sp³-hybridized carbons (Fsp3) is 0.444. The van der Waals surface area contributed by atoms with Gasteiger partial charge in [-0.3, -0.25) is 0 Å². The van der Waals surface area contributed by atoms with Crippen LogP contribution in [-0.4, -0.2) is 6.54 Å². The van der Waals surface area contributed by atoms with Crippen LogP contribution in [0.2, 0.25) is 0 Å². The summed E-state index contributed by atoms with van der Waals surface area (Å²) in [7, 11) is 0. The lowest BCUT2D eigenvalue weighted by molar-refractivity contribution is 0.525. The largest absolute Gasteiger partial charge is 0.309 e. The van der Waals surface area contributed by atoms with Crippen LogP contribution in [-0.2, 0) is 6.42 Å². The van der Waals surface area contributed by atoms with E-state index in [-0.39, 0.29) is 0 Å². The molecule has 2 heteroatoms. The second-order valence-electron chi connectivity index (χ2n) is 5.17. The van der Waals surface area contributed by atoms with Gasteiger partial charge in [0.1, 0.15) is 0 Å². The van der Waals surface area contributed by atoms with Gasteiger partial charge in [-0.2, -0.15) is 0 Å². The Kier molecular flexibility index (Phi) is 5.81. The molecule has 108 valence electrons. The molecule has 0 aliphatic heterocycles. The molecular formula is C18H25NS. The van der Waals surface area contributed by atoms with Gasteiger partial charge in [-0.05, 0) is 49.1 Å². The Hall–Kier alpha value is -1.12. The summed E-state index contributed by atoms with van der Waals surface area (Å²) >= 11 is 1.93. The van der Waals surface area contributed by atoms with Crippen LogP contribution < -0.4 is 5.32 Å². The van der Waals surface area contributed by atoms with E-state index in [9.17, 15) is 0 Å². The molecule has 0 radical (unpaired) electrons. The maximum absolute atomic E-state index is 3.63. The third-order valence-corrected chi connectivity index (χ3v) is 4.89. The Bertz CT molecular complexity index is 530. The molecule has 0 aliphatic rings. The standard InChI is InChI=1S/C18H25NS/c1-4-12-19-16(6-3)18-11-10-17(20-18)15-9-7-8-14(5-2)13-15/h7-11,13,16,19H,4-6,12H2,1-3H3. The molecule has 1 aromatic heterocycles. The van der Waals surface area contributed by atoms with E-state index in [1.807, 2.05) is 11.3 Å². The monoisotopic (exact) mass is 287 g/mol. The Labute approximate surface area is 127 Å². The topological polar surface area (TPSA) is 12.0 Å². The Morgan fingerprint density at radius 1 is 1.10 bits per heavy atom. The predicted octanol–water partition coefficient (Wildman–Crippen LogP) is 5.43. The maximum Gasteiger partial charge on any atom is 0.0412 e. The summed E-state index contributed by atoms with van der Waals surface area (Å²) in [6, 6.07) is 14.0. The number of aryl methyl sites for hydroxylation is 1. The van der Waals surface area contributed by atoms with E-state index in [2.05, 4.69) is 62.5 Å². The van der Waals surface area contributed by atoms with Gasteiger partial charge in [0, 0.05) is 15.8 Å². The zero-order valence-electron chi connectivity index (χ0n) is 12.8. The first-order valence-electron chi connectivity index (χ1n) is 7.70. The highest BCUT2D eigenvalue weighted by atomic mass is 32.1. The molecular weight excluding hydrogens is 262 g/mol. The third kappa shape index (κ3) is 3.71. The highest BCUT2D eigenvalue weighted by Gasteiger charge is 2.11. The van der Waals surface area contributed by atoms with Gasteiger partial charge in [-0.25, -0.2) is 0 Å². The minimum atomic E-state index is 0.503. The lowest BCUT2D eigenvalue weighted by Gasteiger charge is -2.14. The van der Waals surface area contributed by atoms with Crippen molar-refractivity contribution in [1.29, 1.82) is 0 Å². The lowest BCUT2D eigenvalue weighted by Crippen LogP contribution is -2.20. The summed E-state index contributed by atoms with van der Waals surface area (Å²) in [6.45, 7) is 7.78. The average Bonchev–Trinajstić information content (AvgIpc) is 2.98. The third-order valence-electron chi connectivity index (χ3n) is 3.64. The summed E-state index contributed by atoms with van der Waals surface area (Å²) < 4.78 is 0. The number of thiophene rings is 1. The molecule has 20 heavy (non-hydrogen) atoms. The van der Waals surface area contributed by atoms with Crippen LogP contribution in [0.15, 0.2) is 36.4 Å². The molecule has 2 rings (SSSR count). The van der Waals surface area contributed by atoms with Crippen LogP contribution in [0.1, 0.15) is 50.1 Å². The number of hydrogen-bond donors (Lipinski definition) is 1. The molecule has 0 aliphatic carbocycles. The van der Waals surface area contributed by atoms with E-state index in [0.717, 1.165) is 19.4 Å². The zero-order valence-corrected chi connectivity index (χ0v) is 13.6. The van der Waals surface area contributed by atoms with Gasteiger partial charge in [0.25, 0.3) is 0 Å². The van der Waals surface area contributed by atoms with Gasteiger partial charge in [0.15, 0.2) is 0 Å². The van der Waals surface area contributed by atoms with Gasteiger partial charge < -0.3 is 5.32 Å². The molecule has 0 fully saturated rings. The molecule has 1 N–H and O–H groups in total. The van der Waals surface area contributed by atoms with Gasteiger partial charge in [-0.1, -0.05) is 45.0 Å². The number of nitrogens with one attached hydrogen (secondary N) is 1. The first-order valence-corrected chi connectivity index (χ1v) is 8.52. The SMILES string of the molecule is CCCNC(CC)c1ccc(-c2cccc(CC)c2)s1. The van der Waals surface area contributed by atoms with E-state index in [1.54, 1.807) is 0 Å². The van der Waals surface area contributed by atoms with Crippen molar-refractivity contribution in [2.45, 2.75) is 46.1 Å². The van der Waals surface area contributed by atoms with Crippen LogP contribution >= 0.6 is 11.3 Å². The van der Waals surface area contributed by atoms with Crippen LogP contribution in [0.4, 0.5) is 0 Å². The van der Waals surface area contributed by atoms with Crippen molar-refractivity contribution in [2.24, 2.45) is 0 Å². The molecule has 0 amide bonds. The molecule has 2 aromatic rings. The van der Waals surface area contributed by atoms with E-state index < -0.39 is 0 Å². The van der Waals surface area contributed by atoms with Crippen LogP contribution in [0, 0.1) is 0 Å². The average molecular weight is 287 g/mol. The smallest absolute Gasteiger partial charge is 0.0412 e. The van der Waals surface area contributed by atoms with Crippen molar-refractivity contribution in [2.75, 3.05) is 6.54 Å². The first-order chi connectivity index (χ1) is 9.78.